The Labute approximate surface area is 133 Å². The quantitative estimate of drug-likeness (QED) is 0.540. The molecule has 1 heterocycles. The first kappa shape index (κ1) is 13.4. The Morgan fingerprint density at radius 2 is 1.22 bits per heavy atom. The van der Waals surface area contributed by atoms with E-state index in [2.05, 4.69) is 4.98 Å². The number of nitrogens with two attached hydrogens (primary N) is 2. The zero-order valence-corrected chi connectivity index (χ0v) is 12.4. The second kappa shape index (κ2) is 5.18. The van der Waals surface area contributed by atoms with Crippen LogP contribution < -0.4 is 11.5 Å². The predicted octanol–water partition coefficient (Wildman–Crippen LogP) is 4.33. The van der Waals surface area contributed by atoms with Gasteiger partial charge in [0.2, 0.25) is 5.89 Å². The van der Waals surface area contributed by atoms with Gasteiger partial charge in [-0.1, -0.05) is 24.3 Å². The molecule has 4 heteroatoms. The van der Waals surface area contributed by atoms with Crippen molar-refractivity contribution in [3.63, 3.8) is 0 Å². The first-order valence-electron chi connectivity index (χ1n) is 7.31. The van der Waals surface area contributed by atoms with Gasteiger partial charge < -0.3 is 15.9 Å². The van der Waals surface area contributed by atoms with Crippen LogP contribution in [-0.4, -0.2) is 4.98 Å². The highest BCUT2D eigenvalue weighted by atomic mass is 16.3. The van der Waals surface area contributed by atoms with Crippen molar-refractivity contribution >= 4 is 22.5 Å². The molecule has 1 aromatic heterocycles. The molecule has 0 saturated carbocycles. The van der Waals surface area contributed by atoms with Crippen LogP contribution in [0.15, 0.2) is 71.1 Å². The van der Waals surface area contributed by atoms with Gasteiger partial charge in [0.25, 0.3) is 0 Å². The molecule has 0 aliphatic heterocycles. The van der Waals surface area contributed by atoms with E-state index in [9.17, 15) is 0 Å². The number of nitrogen functional groups attached to an aromatic ring is 2. The second-order valence-corrected chi connectivity index (χ2v) is 5.45. The summed E-state index contributed by atoms with van der Waals surface area (Å²) >= 11 is 0. The maximum atomic E-state index is 5.79. The third-order valence-electron chi connectivity index (χ3n) is 3.79. The molecule has 0 bridgehead atoms. The van der Waals surface area contributed by atoms with Crippen molar-refractivity contribution in [2.24, 2.45) is 0 Å². The summed E-state index contributed by atoms with van der Waals surface area (Å²) in [5, 5.41) is 0. The van der Waals surface area contributed by atoms with Crippen LogP contribution in [0.1, 0.15) is 0 Å². The molecule has 0 fully saturated rings. The van der Waals surface area contributed by atoms with Crippen LogP contribution in [0, 0.1) is 0 Å². The first-order chi connectivity index (χ1) is 11.2. The monoisotopic (exact) mass is 301 g/mol. The van der Waals surface area contributed by atoms with Crippen molar-refractivity contribution in [2.75, 3.05) is 11.5 Å². The number of nitrogens with zero attached hydrogens (tertiary/aromatic N) is 1. The largest absolute Gasteiger partial charge is 0.436 e. The normalized spacial score (nSPS) is 11.0. The summed E-state index contributed by atoms with van der Waals surface area (Å²) in [5.74, 6) is 0.592. The van der Waals surface area contributed by atoms with Crippen molar-refractivity contribution in [2.45, 2.75) is 0 Å². The zero-order chi connectivity index (χ0) is 15.8. The van der Waals surface area contributed by atoms with Gasteiger partial charge in [0.05, 0.1) is 0 Å². The lowest BCUT2D eigenvalue weighted by molar-refractivity contribution is 0.620. The molecule has 3 aromatic carbocycles. The van der Waals surface area contributed by atoms with Crippen LogP contribution in [0.4, 0.5) is 11.4 Å². The third-order valence-corrected chi connectivity index (χ3v) is 3.79. The van der Waals surface area contributed by atoms with Crippen molar-refractivity contribution < 1.29 is 4.42 Å². The topological polar surface area (TPSA) is 78.1 Å². The molecule has 4 N–H and O–H groups in total. The number of hydrogen-bond donors (Lipinski definition) is 2. The molecule has 0 spiro atoms. The molecule has 0 amide bonds. The lowest BCUT2D eigenvalue weighted by Gasteiger charge is -2.03. The van der Waals surface area contributed by atoms with E-state index in [1.54, 1.807) is 6.07 Å². The maximum Gasteiger partial charge on any atom is 0.227 e. The number of benzene rings is 3. The molecule has 0 radical (unpaired) electrons. The molecule has 23 heavy (non-hydrogen) atoms. The lowest BCUT2D eigenvalue weighted by atomic mass is 10.0. The number of fused-ring (bicyclic) bond motifs is 1. The molecule has 4 nitrogen and oxygen atoms in total. The van der Waals surface area contributed by atoms with Gasteiger partial charge in [-0.2, -0.15) is 0 Å². The standard InChI is InChI=1S/C19H15N3O/c20-15-7-5-13(6-8-15)12-1-3-14(4-2-12)19-22-17-10-9-16(21)11-18(17)23-19/h1-11H,20-21H2. The van der Waals surface area contributed by atoms with Gasteiger partial charge in [0, 0.05) is 23.0 Å². The molecule has 0 saturated heterocycles. The van der Waals surface area contributed by atoms with Gasteiger partial charge in [0.1, 0.15) is 5.52 Å². The smallest absolute Gasteiger partial charge is 0.227 e. The first-order valence-corrected chi connectivity index (χ1v) is 7.31. The molecule has 0 atom stereocenters. The van der Waals surface area contributed by atoms with Crippen LogP contribution in [-0.2, 0) is 0 Å². The second-order valence-electron chi connectivity index (χ2n) is 5.45. The Morgan fingerprint density at radius 1 is 0.652 bits per heavy atom. The average Bonchev–Trinajstić information content (AvgIpc) is 2.99. The van der Waals surface area contributed by atoms with Crippen LogP contribution in [0.2, 0.25) is 0 Å². The number of aromatic nitrogens is 1. The lowest BCUT2D eigenvalue weighted by Crippen LogP contribution is -1.84. The van der Waals surface area contributed by atoms with E-state index in [0.717, 1.165) is 27.9 Å². The Morgan fingerprint density at radius 3 is 1.91 bits per heavy atom. The van der Waals surface area contributed by atoms with E-state index >= 15 is 0 Å². The van der Waals surface area contributed by atoms with Crippen molar-refractivity contribution in [3.05, 3.63) is 66.7 Å². The van der Waals surface area contributed by atoms with Crippen molar-refractivity contribution in [1.82, 2.24) is 4.98 Å². The SMILES string of the molecule is Nc1ccc(-c2ccc(-c3nc4ccc(N)cc4o3)cc2)cc1. The summed E-state index contributed by atoms with van der Waals surface area (Å²) in [6, 6.07) is 21.4. The highest BCUT2D eigenvalue weighted by molar-refractivity contribution is 5.79. The Bertz CT molecular complexity index is 970. The van der Waals surface area contributed by atoms with Crippen LogP contribution >= 0.6 is 0 Å². The summed E-state index contributed by atoms with van der Waals surface area (Å²) < 4.78 is 5.79. The summed E-state index contributed by atoms with van der Waals surface area (Å²) in [7, 11) is 0. The zero-order valence-electron chi connectivity index (χ0n) is 12.4. The fraction of sp³-hybridized carbons (Fsp3) is 0. The molecule has 4 rings (SSSR count). The number of hydrogen-bond acceptors (Lipinski definition) is 4. The van der Waals surface area contributed by atoms with Gasteiger partial charge in [-0.15, -0.1) is 0 Å². The summed E-state index contributed by atoms with van der Waals surface area (Å²) in [5.41, 5.74) is 17.6. The van der Waals surface area contributed by atoms with E-state index < -0.39 is 0 Å². The van der Waals surface area contributed by atoms with E-state index in [1.807, 2.05) is 60.7 Å². The Hall–Kier alpha value is -3.27. The van der Waals surface area contributed by atoms with Crippen molar-refractivity contribution in [3.8, 4) is 22.6 Å². The number of rotatable bonds is 2. The van der Waals surface area contributed by atoms with Crippen LogP contribution in [0.5, 0.6) is 0 Å². The molecule has 112 valence electrons. The molecule has 0 aliphatic carbocycles. The number of anilines is 2. The van der Waals surface area contributed by atoms with Crippen LogP contribution in [0.3, 0.4) is 0 Å². The fourth-order valence-electron chi connectivity index (χ4n) is 2.55. The maximum absolute atomic E-state index is 5.79. The van der Waals surface area contributed by atoms with E-state index in [1.165, 1.54) is 0 Å². The molecule has 4 aromatic rings. The van der Waals surface area contributed by atoms with E-state index in [-0.39, 0.29) is 0 Å². The van der Waals surface area contributed by atoms with Crippen LogP contribution in [0.25, 0.3) is 33.7 Å². The minimum absolute atomic E-state index is 0.592. The van der Waals surface area contributed by atoms with Gasteiger partial charge in [-0.3, -0.25) is 0 Å². The Balaban J connectivity index is 1.70. The highest BCUT2D eigenvalue weighted by Gasteiger charge is 2.08. The van der Waals surface area contributed by atoms with Crippen molar-refractivity contribution in [1.29, 1.82) is 0 Å². The highest BCUT2D eigenvalue weighted by Crippen LogP contribution is 2.28. The van der Waals surface area contributed by atoms with Gasteiger partial charge >= 0.3 is 0 Å². The minimum Gasteiger partial charge on any atom is -0.436 e. The van der Waals surface area contributed by atoms with Gasteiger partial charge in [-0.25, -0.2) is 4.98 Å². The van der Waals surface area contributed by atoms with Gasteiger partial charge in [0.15, 0.2) is 5.58 Å². The van der Waals surface area contributed by atoms with E-state index in [4.69, 9.17) is 15.9 Å². The summed E-state index contributed by atoms with van der Waals surface area (Å²) in [6.45, 7) is 0. The molecular formula is C19H15N3O. The van der Waals surface area contributed by atoms with E-state index in [0.29, 0.717) is 17.2 Å². The average molecular weight is 301 g/mol. The van der Waals surface area contributed by atoms with Gasteiger partial charge in [-0.05, 0) is 47.5 Å². The molecule has 0 aliphatic rings. The molecule has 0 unspecified atom stereocenters. The molecular weight excluding hydrogens is 286 g/mol. The fourth-order valence-corrected chi connectivity index (χ4v) is 2.55. The minimum atomic E-state index is 0.592. The Kier molecular flexibility index (Phi) is 3.01. The summed E-state index contributed by atoms with van der Waals surface area (Å²) in [4.78, 5) is 4.50. The number of oxazole rings is 1. The predicted molar refractivity (Wildman–Crippen MR) is 93.7 cm³/mol. The third kappa shape index (κ3) is 2.51. The summed E-state index contributed by atoms with van der Waals surface area (Å²) in [6.07, 6.45) is 0.